The van der Waals surface area contributed by atoms with Crippen molar-refractivity contribution in [1.82, 2.24) is 16.0 Å². The summed E-state index contributed by atoms with van der Waals surface area (Å²) in [6, 6.07) is -4.44. The van der Waals surface area contributed by atoms with E-state index in [1.807, 2.05) is 6.08 Å². The van der Waals surface area contributed by atoms with Crippen molar-refractivity contribution in [3.8, 4) is 0 Å². The third kappa shape index (κ3) is 34.0. The number of unbranched alkanes of at least 4 members (excludes halogenated alkanes) is 30. The first-order valence-corrected chi connectivity index (χ1v) is 44.6. The van der Waals surface area contributed by atoms with E-state index in [1.54, 1.807) is 6.08 Å². The maximum Gasteiger partial charge on any atom is 0.220 e. The number of carbonyl (C=O) groups excluding carboxylic acids is 3. The van der Waals surface area contributed by atoms with Crippen LogP contribution in [0.25, 0.3) is 0 Å². The van der Waals surface area contributed by atoms with Gasteiger partial charge < -0.3 is 165 Å². The second-order valence-electron chi connectivity index (χ2n) is 33.2. The molecular weight excluding hydrogens is 1580 g/mol. The van der Waals surface area contributed by atoms with Crippen LogP contribution < -0.4 is 16.0 Å². The summed E-state index contributed by atoms with van der Waals surface area (Å²) in [4.78, 5) is 38.8. The van der Waals surface area contributed by atoms with E-state index in [-0.39, 0.29) is 12.3 Å². The molecule has 0 aromatic heterocycles. The van der Waals surface area contributed by atoms with Crippen LogP contribution in [0.3, 0.4) is 0 Å². The van der Waals surface area contributed by atoms with Gasteiger partial charge in [0.15, 0.2) is 37.7 Å². The number of carbonyl (C=O) groups is 3. The predicted molar refractivity (Wildman–Crippen MR) is 431 cm³/mol. The van der Waals surface area contributed by atoms with Gasteiger partial charge in [-0.2, -0.15) is 0 Å². The van der Waals surface area contributed by atoms with E-state index in [0.717, 1.165) is 65.2 Å². The number of amides is 3. The number of ether oxygens (including phenoxy) is 12. The first-order valence-electron chi connectivity index (χ1n) is 44.6. The van der Waals surface area contributed by atoms with Crippen LogP contribution in [0.2, 0.25) is 0 Å². The number of aliphatic hydroxyl groups is 18. The minimum Gasteiger partial charge on any atom is -0.394 e. The molecule has 12 unspecified atom stereocenters. The third-order valence-electron chi connectivity index (χ3n) is 23.4. The molecule has 6 heterocycles. The quantitative estimate of drug-likeness (QED) is 0.0291. The molecule has 6 saturated heterocycles. The molecule has 0 aliphatic carbocycles. The number of allylic oxidation sites excluding steroid dienone is 3. The van der Waals surface area contributed by atoms with Gasteiger partial charge in [0, 0.05) is 20.3 Å². The summed E-state index contributed by atoms with van der Waals surface area (Å²) in [6.07, 6.45) is -7.36. The van der Waals surface area contributed by atoms with Gasteiger partial charge in [-0.05, 0) is 44.9 Å². The van der Waals surface area contributed by atoms with E-state index in [9.17, 15) is 106 Å². The molecule has 6 rings (SSSR count). The molecule has 32 atom stereocenters. The van der Waals surface area contributed by atoms with Crippen LogP contribution in [-0.2, 0) is 71.2 Å². The molecule has 120 heavy (non-hydrogen) atoms. The second-order valence-corrected chi connectivity index (χ2v) is 33.2. The number of nitrogens with one attached hydrogen (secondary N) is 3. The first-order chi connectivity index (χ1) is 57.8. The Kier molecular flexibility index (Phi) is 51.2. The van der Waals surface area contributed by atoms with Crippen LogP contribution >= 0.6 is 0 Å². The molecule has 36 nitrogen and oxygen atoms in total. The lowest BCUT2D eigenvalue weighted by Gasteiger charge is -2.49. The average Bonchev–Trinajstić information content (AvgIpc) is 0.760. The highest BCUT2D eigenvalue weighted by Gasteiger charge is 2.58. The largest absolute Gasteiger partial charge is 0.394 e. The van der Waals surface area contributed by atoms with E-state index in [1.165, 1.54) is 148 Å². The minimum atomic E-state index is -2.24. The summed E-state index contributed by atoms with van der Waals surface area (Å²) in [5.41, 5.74) is 0. The lowest BCUT2D eigenvalue weighted by atomic mass is 9.94. The minimum absolute atomic E-state index is 0.180. The van der Waals surface area contributed by atoms with Gasteiger partial charge in [-0.25, -0.2) is 0 Å². The fourth-order valence-electron chi connectivity index (χ4n) is 16.1. The second kappa shape index (κ2) is 58.2. The molecule has 6 aliphatic rings. The lowest BCUT2D eigenvalue weighted by Crippen LogP contribution is -2.69. The average molecular weight is 1730 g/mol. The molecule has 36 heteroatoms. The third-order valence-corrected chi connectivity index (χ3v) is 23.4. The molecule has 3 amide bonds. The summed E-state index contributed by atoms with van der Waals surface area (Å²) in [5, 5.41) is 208. The Morgan fingerprint density at radius 1 is 0.333 bits per heavy atom. The SMILES string of the molecule is CCCCCCCC/C=C\CCCCCCCCCCCCCCCC(=O)N[C@@H](CO[C@@H]1OC(CO)[C@@H](O[C@@H]2OC(CO)[C@H](O[C@@H]3OC(CO)[C@H](O)[C@H](O[C@@H]4OC(CO[C@@H]5OC(CO)[C@@H](O[C@@H]6OC(CO)[C@H](O)[C@H](O)C6O)[C@H](O)C5NC(C)=O)[C@H](O)[C@H](O)C4NC(C)=O)C3O)[C@H](O)C2O)[C@H](O)C1O)[C@H](O)/C=C/CCCCCCCCCCCCC. The van der Waals surface area contributed by atoms with E-state index >= 15 is 0 Å². The molecule has 0 aromatic carbocycles. The lowest BCUT2D eigenvalue weighted by molar-refractivity contribution is -0.387. The van der Waals surface area contributed by atoms with Gasteiger partial charge in [-0.15, -0.1) is 0 Å². The summed E-state index contributed by atoms with van der Waals surface area (Å²) < 4.78 is 70.5. The van der Waals surface area contributed by atoms with Gasteiger partial charge >= 0.3 is 0 Å². The van der Waals surface area contributed by atoms with Gasteiger partial charge in [0.05, 0.1) is 58.4 Å². The van der Waals surface area contributed by atoms with Crippen molar-refractivity contribution in [1.29, 1.82) is 0 Å². The summed E-state index contributed by atoms with van der Waals surface area (Å²) in [5.74, 6) is -1.94. The topological polar surface area (TPSA) is 562 Å². The van der Waals surface area contributed by atoms with Crippen LogP contribution in [0.4, 0.5) is 0 Å². The number of hydrogen-bond acceptors (Lipinski definition) is 33. The van der Waals surface area contributed by atoms with Gasteiger partial charge in [-0.1, -0.05) is 205 Å². The maximum absolute atomic E-state index is 13.6. The maximum atomic E-state index is 13.6. The Morgan fingerprint density at radius 3 is 1.12 bits per heavy atom. The van der Waals surface area contributed by atoms with Crippen molar-refractivity contribution >= 4 is 17.7 Å². The molecule has 6 aliphatic heterocycles. The Morgan fingerprint density at radius 2 is 0.675 bits per heavy atom. The van der Waals surface area contributed by atoms with Crippen molar-refractivity contribution < 1.29 is 163 Å². The smallest absolute Gasteiger partial charge is 0.220 e. The molecule has 6 fully saturated rings. The Hall–Kier alpha value is -3.31. The molecule has 0 bridgehead atoms. The molecule has 0 radical (unpaired) electrons. The number of rotatable bonds is 59. The molecule has 0 aromatic rings. The zero-order valence-electron chi connectivity index (χ0n) is 70.9. The normalized spacial score (nSPS) is 35.6. The fourth-order valence-corrected chi connectivity index (χ4v) is 16.1. The Labute approximate surface area is 706 Å². The van der Waals surface area contributed by atoms with Crippen molar-refractivity contribution in [3.05, 3.63) is 24.3 Å². The standard InChI is InChI=1S/C84H151N3O33/c1-5-7-9-11-13-15-17-19-20-21-22-23-24-25-26-27-28-30-32-34-36-38-40-42-60(96)87-52(53(95)41-39-37-35-33-31-29-18-16-14-12-10-8-6-2)48-109-81-72(106)69(103)76(57(46-91)114-81)118-83-73(107)70(104)77(58(47-92)115-83)119-84-74(108)78(65(99)55(44-89)112-84)120-80-61(85-50(3)93)66(100)64(98)59(116-80)49-110-79-62(86-51(4)94)67(101)75(56(45-90)113-79)117-82-71(105)68(102)63(97)54(43-88)111-82/h19-20,39,41,52-59,61-84,88-92,95,97-108H,5-18,21-38,40,42-49H2,1-4H3,(H,85,93)(H,86,94)(H,87,96)/b20-19-,41-39+/t52-,53+,54?,55?,56?,57?,58?,59?,61?,62?,63-,64-,65-,66+,67+,68-,69+,70+,71?,72?,73?,74?,75+,76+,77-,78-,79+,80-,81+,82-,83-,84-/m0/s1. The zero-order valence-corrected chi connectivity index (χ0v) is 70.9. The van der Waals surface area contributed by atoms with E-state index in [0.29, 0.717) is 12.8 Å². The summed E-state index contributed by atoms with van der Waals surface area (Å²) in [6.45, 7) is 0.446. The molecule has 700 valence electrons. The van der Waals surface area contributed by atoms with E-state index < -0.39 is 254 Å². The van der Waals surface area contributed by atoms with Crippen molar-refractivity contribution in [3.63, 3.8) is 0 Å². The Bertz CT molecular complexity index is 2790. The fraction of sp³-hybridized carbons (Fsp3) is 0.917. The van der Waals surface area contributed by atoms with Gasteiger partial charge in [-0.3, -0.25) is 14.4 Å². The Balaban J connectivity index is 1.02. The highest BCUT2D eigenvalue weighted by molar-refractivity contribution is 5.76. The van der Waals surface area contributed by atoms with Crippen LogP contribution in [0.5, 0.6) is 0 Å². The molecule has 21 N–H and O–H groups in total. The van der Waals surface area contributed by atoms with Crippen molar-refractivity contribution in [2.75, 3.05) is 46.2 Å². The first kappa shape index (κ1) is 105. The summed E-state index contributed by atoms with van der Waals surface area (Å²) >= 11 is 0. The highest BCUT2D eigenvalue weighted by atomic mass is 16.8. The van der Waals surface area contributed by atoms with Crippen molar-refractivity contribution in [2.45, 2.75) is 442 Å². The van der Waals surface area contributed by atoms with Crippen LogP contribution in [0, 0.1) is 0 Å². The van der Waals surface area contributed by atoms with Gasteiger partial charge in [0.1, 0.15) is 146 Å². The number of aliphatic hydroxyl groups excluding tert-OH is 18. The number of hydrogen-bond donors (Lipinski definition) is 21. The van der Waals surface area contributed by atoms with Gasteiger partial charge in [0.25, 0.3) is 0 Å². The highest BCUT2D eigenvalue weighted by Crippen LogP contribution is 2.37. The van der Waals surface area contributed by atoms with Gasteiger partial charge in [0.2, 0.25) is 17.7 Å². The van der Waals surface area contributed by atoms with Crippen molar-refractivity contribution in [2.24, 2.45) is 0 Å². The molecule has 0 spiro atoms. The van der Waals surface area contributed by atoms with Crippen LogP contribution in [0.15, 0.2) is 24.3 Å². The molecular formula is C84H151N3O33. The monoisotopic (exact) mass is 1730 g/mol. The zero-order chi connectivity index (χ0) is 87.6. The predicted octanol–water partition coefficient (Wildman–Crippen LogP) is 0.473. The van der Waals surface area contributed by atoms with Crippen LogP contribution in [-0.4, -0.2) is 352 Å². The van der Waals surface area contributed by atoms with E-state index in [4.69, 9.17) is 56.8 Å². The van der Waals surface area contributed by atoms with E-state index in [2.05, 4.69) is 41.9 Å². The molecule has 0 saturated carbocycles. The van der Waals surface area contributed by atoms with Crippen LogP contribution in [0.1, 0.15) is 246 Å². The summed E-state index contributed by atoms with van der Waals surface area (Å²) in [7, 11) is 0.